The number of benzene rings is 1. The van der Waals surface area contributed by atoms with Crippen molar-refractivity contribution in [3.05, 3.63) is 35.1 Å². The summed E-state index contributed by atoms with van der Waals surface area (Å²) in [5.74, 6) is 0.941. The highest BCUT2D eigenvalue weighted by atomic mass is 35.5. The number of fused-ring (bicyclic) bond motifs is 1. The average Bonchev–Trinajstić information content (AvgIpc) is 2.58. The predicted molar refractivity (Wildman–Crippen MR) is 71.3 cm³/mol. The Morgan fingerprint density at radius 1 is 1.24 bits per heavy atom. The lowest BCUT2D eigenvalue weighted by atomic mass is 10.2. The number of hydrogen-bond acceptors (Lipinski definition) is 3. The number of nitriles is 1. The Morgan fingerprint density at radius 2 is 1.76 bits per heavy atom. The maximum Gasteiger partial charge on any atom is 0.106 e. The number of hydrogen-bond donors (Lipinski definition) is 0. The standard InChI is InChI=1S/C13H14ClN3/c1-4-16-9(3)17(5-2)13-7-11(14)10(8-15)6-12(13)16/h6-7H,3-5H2,1-2H3. The van der Waals surface area contributed by atoms with Crippen molar-refractivity contribution in [1.82, 2.24) is 0 Å². The molecular weight excluding hydrogens is 234 g/mol. The van der Waals surface area contributed by atoms with Crippen molar-refractivity contribution in [2.24, 2.45) is 0 Å². The van der Waals surface area contributed by atoms with E-state index in [4.69, 9.17) is 16.9 Å². The van der Waals surface area contributed by atoms with Gasteiger partial charge in [-0.05, 0) is 26.0 Å². The fraction of sp³-hybridized carbons (Fsp3) is 0.308. The van der Waals surface area contributed by atoms with Crippen LogP contribution in [0.1, 0.15) is 19.4 Å². The number of nitrogens with zero attached hydrogens (tertiary/aromatic N) is 3. The molecule has 0 unspecified atom stereocenters. The Labute approximate surface area is 107 Å². The quantitative estimate of drug-likeness (QED) is 0.803. The summed E-state index contributed by atoms with van der Waals surface area (Å²) in [6, 6.07) is 5.79. The van der Waals surface area contributed by atoms with Crippen LogP contribution in [-0.2, 0) is 0 Å². The highest BCUT2D eigenvalue weighted by Gasteiger charge is 2.28. The van der Waals surface area contributed by atoms with Gasteiger partial charge in [-0.25, -0.2) is 0 Å². The van der Waals surface area contributed by atoms with E-state index in [1.54, 1.807) is 0 Å². The van der Waals surface area contributed by atoms with Crippen LogP contribution in [0.4, 0.5) is 11.4 Å². The normalized spacial score (nSPS) is 13.9. The van der Waals surface area contributed by atoms with Crippen LogP contribution in [0.15, 0.2) is 24.5 Å². The zero-order chi connectivity index (χ0) is 12.6. The molecule has 0 atom stereocenters. The van der Waals surface area contributed by atoms with Gasteiger partial charge in [-0.3, -0.25) is 0 Å². The molecule has 0 saturated carbocycles. The Kier molecular flexibility index (Phi) is 2.99. The SMILES string of the molecule is C=C1N(CC)c2cc(Cl)c(C#N)cc2N1CC. The van der Waals surface area contributed by atoms with Crippen molar-refractivity contribution in [3.8, 4) is 6.07 Å². The van der Waals surface area contributed by atoms with Crippen LogP contribution < -0.4 is 9.80 Å². The van der Waals surface area contributed by atoms with E-state index in [9.17, 15) is 0 Å². The molecule has 0 fully saturated rings. The Balaban J connectivity index is 2.63. The van der Waals surface area contributed by atoms with Gasteiger partial charge in [-0.15, -0.1) is 0 Å². The Bertz CT molecular complexity index is 516. The largest absolute Gasteiger partial charge is 0.327 e. The molecule has 1 heterocycles. The van der Waals surface area contributed by atoms with Crippen molar-refractivity contribution < 1.29 is 0 Å². The summed E-state index contributed by atoms with van der Waals surface area (Å²) in [6.45, 7) is 9.88. The highest BCUT2D eigenvalue weighted by molar-refractivity contribution is 6.32. The zero-order valence-corrected chi connectivity index (χ0v) is 10.8. The Hall–Kier alpha value is -1.66. The molecule has 4 heteroatoms. The van der Waals surface area contributed by atoms with Crippen LogP contribution in [-0.4, -0.2) is 13.1 Å². The molecule has 1 aliphatic rings. The van der Waals surface area contributed by atoms with Gasteiger partial charge in [-0.1, -0.05) is 18.2 Å². The first-order valence-electron chi connectivity index (χ1n) is 5.61. The maximum atomic E-state index is 9.01. The summed E-state index contributed by atoms with van der Waals surface area (Å²) < 4.78 is 0. The number of halogens is 1. The first-order chi connectivity index (χ1) is 8.13. The van der Waals surface area contributed by atoms with E-state index < -0.39 is 0 Å². The molecule has 0 aromatic heterocycles. The van der Waals surface area contributed by atoms with Gasteiger partial charge >= 0.3 is 0 Å². The van der Waals surface area contributed by atoms with Crippen LogP contribution in [0.5, 0.6) is 0 Å². The van der Waals surface area contributed by atoms with E-state index in [-0.39, 0.29) is 0 Å². The van der Waals surface area contributed by atoms with E-state index in [1.165, 1.54) is 0 Å². The molecule has 0 amide bonds. The third-order valence-corrected chi connectivity index (χ3v) is 3.33. The molecule has 0 N–H and O–H groups in total. The summed E-state index contributed by atoms with van der Waals surface area (Å²) in [5, 5.41) is 9.50. The molecule has 0 bridgehead atoms. The molecule has 1 aromatic rings. The van der Waals surface area contributed by atoms with Crippen molar-refractivity contribution in [2.45, 2.75) is 13.8 Å². The fourth-order valence-corrected chi connectivity index (χ4v) is 2.40. The molecule has 0 radical (unpaired) electrons. The fourth-order valence-electron chi connectivity index (χ4n) is 2.20. The van der Waals surface area contributed by atoms with Gasteiger partial charge in [0.05, 0.1) is 22.0 Å². The van der Waals surface area contributed by atoms with Gasteiger partial charge in [0.1, 0.15) is 11.9 Å². The molecule has 17 heavy (non-hydrogen) atoms. The van der Waals surface area contributed by atoms with Gasteiger partial charge in [0.15, 0.2) is 0 Å². The van der Waals surface area contributed by atoms with Crippen molar-refractivity contribution in [3.63, 3.8) is 0 Å². The minimum atomic E-state index is 0.496. The van der Waals surface area contributed by atoms with Crippen LogP contribution in [0.25, 0.3) is 0 Å². The highest BCUT2D eigenvalue weighted by Crippen LogP contribution is 2.43. The van der Waals surface area contributed by atoms with Crippen LogP contribution in [0, 0.1) is 11.3 Å². The van der Waals surface area contributed by atoms with Crippen LogP contribution in [0.2, 0.25) is 5.02 Å². The van der Waals surface area contributed by atoms with Gasteiger partial charge in [0, 0.05) is 13.1 Å². The summed E-state index contributed by atoms with van der Waals surface area (Å²) >= 11 is 6.07. The van der Waals surface area contributed by atoms with E-state index in [0.717, 1.165) is 30.3 Å². The first kappa shape index (κ1) is 11.8. The predicted octanol–water partition coefficient (Wildman–Crippen LogP) is 3.35. The molecule has 3 nitrogen and oxygen atoms in total. The van der Waals surface area contributed by atoms with Gasteiger partial charge in [0.2, 0.25) is 0 Å². The first-order valence-corrected chi connectivity index (χ1v) is 5.99. The second-order valence-electron chi connectivity index (χ2n) is 3.84. The second kappa shape index (κ2) is 4.31. The smallest absolute Gasteiger partial charge is 0.106 e. The van der Waals surface area contributed by atoms with Crippen molar-refractivity contribution in [2.75, 3.05) is 22.9 Å². The van der Waals surface area contributed by atoms with Gasteiger partial charge in [0.25, 0.3) is 0 Å². The maximum absolute atomic E-state index is 9.01. The van der Waals surface area contributed by atoms with E-state index in [1.807, 2.05) is 12.1 Å². The third-order valence-electron chi connectivity index (χ3n) is 3.02. The topological polar surface area (TPSA) is 30.3 Å². The summed E-state index contributed by atoms with van der Waals surface area (Å²) in [6.07, 6.45) is 0. The molecule has 88 valence electrons. The minimum Gasteiger partial charge on any atom is -0.327 e. The van der Waals surface area contributed by atoms with E-state index in [0.29, 0.717) is 10.6 Å². The lowest BCUT2D eigenvalue weighted by Gasteiger charge is -2.21. The zero-order valence-electron chi connectivity index (χ0n) is 10.00. The number of anilines is 2. The molecule has 1 aromatic carbocycles. The monoisotopic (exact) mass is 247 g/mol. The van der Waals surface area contributed by atoms with Crippen LogP contribution >= 0.6 is 11.6 Å². The lowest BCUT2D eigenvalue weighted by Crippen LogP contribution is -2.26. The molecule has 0 spiro atoms. The Morgan fingerprint density at radius 3 is 2.24 bits per heavy atom. The lowest BCUT2D eigenvalue weighted by molar-refractivity contribution is 0.905. The van der Waals surface area contributed by atoms with E-state index >= 15 is 0 Å². The second-order valence-corrected chi connectivity index (χ2v) is 4.24. The third kappa shape index (κ3) is 1.65. The summed E-state index contributed by atoms with van der Waals surface area (Å²) in [7, 11) is 0. The van der Waals surface area contributed by atoms with E-state index in [2.05, 4.69) is 36.3 Å². The number of rotatable bonds is 2. The summed E-state index contributed by atoms with van der Waals surface area (Å²) in [4.78, 5) is 4.20. The molecule has 0 aliphatic carbocycles. The van der Waals surface area contributed by atoms with Crippen molar-refractivity contribution in [1.29, 1.82) is 5.26 Å². The summed E-state index contributed by atoms with van der Waals surface area (Å²) in [5.41, 5.74) is 2.55. The van der Waals surface area contributed by atoms with Crippen LogP contribution in [0.3, 0.4) is 0 Å². The van der Waals surface area contributed by atoms with Crippen molar-refractivity contribution >= 4 is 23.0 Å². The molecule has 2 rings (SSSR count). The average molecular weight is 248 g/mol. The molecule has 1 aliphatic heterocycles. The minimum absolute atomic E-state index is 0.496. The molecular formula is C13H14ClN3. The van der Waals surface area contributed by atoms with Gasteiger partial charge in [-0.2, -0.15) is 5.26 Å². The molecule has 0 saturated heterocycles. The van der Waals surface area contributed by atoms with Gasteiger partial charge < -0.3 is 9.80 Å².